The number of benzene rings is 1. The van der Waals surface area contributed by atoms with Crippen molar-refractivity contribution in [2.45, 2.75) is 29.7 Å². The van der Waals surface area contributed by atoms with E-state index in [0.717, 1.165) is 32.9 Å². The highest BCUT2D eigenvalue weighted by atomic mass is 32.2. The number of non-ortho nitro benzene ring substituents is 1. The van der Waals surface area contributed by atoms with Crippen LogP contribution in [-0.4, -0.2) is 39.1 Å². The number of carbonyl (C=O) groups excluding carboxylic acids is 3. The van der Waals surface area contributed by atoms with E-state index < -0.39 is 39.8 Å². The van der Waals surface area contributed by atoms with Crippen molar-refractivity contribution in [3.63, 3.8) is 0 Å². The van der Waals surface area contributed by atoms with Crippen LogP contribution in [0, 0.1) is 16.0 Å². The van der Waals surface area contributed by atoms with Gasteiger partial charge in [0.2, 0.25) is 11.8 Å². The molecule has 2 amide bonds. The Morgan fingerprint density at radius 2 is 1.89 bits per heavy atom. The van der Waals surface area contributed by atoms with Crippen LogP contribution in [0.5, 0.6) is 0 Å². The molecule has 1 aromatic carbocycles. The quantitative estimate of drug-likeness (QED) is 0.205. The average Bonchev–Trinajstić information content (AvgIpc) is 3.52. The Labute approximate surface area is 210 Å². The summed E-state index contributed by atoms with van der Waals surface area (Å²) >= 11 is 3.49. The number of hydrogen-bond donors (Lipinski definition) is 0. The first-order valence-electron chi connectivity index (χ1n) is 10.5. The molecule has 3 aromatic rings. The van der Waals surface area contributed by atoms with E-state index in [1.54, 1.807) is 6.92 Å². The Morgan fingerprint density at radius 3 is 2.51 bits per heavy atom. The van der Waals surface area contributed by atoms with E-state index in [4.69, 9.17) is 4.74 Å². The highest BCUT2D eigenvalue weighted by Crippen LogP contribution is 2.54. The van der Waals surface area contributed by atoms with Crippen LogP contribution in [0.2, 0.25) is 0 Å². The zero-order valence-electron chi connectivity index (χ0n) is 18.1. The molecule has 2 aliphatic heterocycles. The maximum Gasteiger partial charge on any atom is 0.326 e. The lowest BCUT2D eigenvalue weighted by atomic mass is 9.87. The summed E-state index contributed by atoms with van der Waals surface area (Å²) in [6, 6.07) is 8.94. The third kappa shape index (κ3) is 3.89. The Bertz CT molecular complexity index is 1390. The number of hydrogen-bond acceptors (Lipinski definition) is 10. The number of amides is 2. The van der Waals surface area contributed by atoms with Crippen molar-refractivity contribution >= 4 is 63.6 Å². The molecular formula is C22H17N3O7S3. The topological polar surface area (TPSA) is 129 Å². The summed E-state index contributed by atoms with van der Waals surface area (Å²) in [5.41, 5.74) is 0.0964. The van der Waals surface area contributed by atoms with Gasteiger partial charge in [-0.3, -0.25) is 33.9 Å². The molecule has 2 unspecified atom stereocenters. The number of thiazole rings is 1. The van der Waals surface area contributed by atoms with Crippen molar-refractivity contribution in [1.82, 2.24) is 4.57 Å². The molecule has 1 saturated heterocycles. The van der Waals surface area contributed by atoms with Crippen molar-refractivity contribution in [3.8, 4) is 0 Å². The van der Waals surface area contributed by atoms with E-state index in [1.165, 1.54) is 40.2 Å². The van der Waals surface area contributed by atoms with E-state index in [0.29, 0.717) is 9.90 Å². The van der Waals surface area contributed by atoms with Gasteiger partial charge in [-0.25, -0.2) is 4.90 Å². The second kappa shape index (κ2) is 9.06. The molecule has 0 N–H and O–H groups in total. The fraction of sp³-hybridized carbons (Fsp3) is 0.273. The number of thioether (sulfide) groups is 1. The van der Waals surface area contributed by atoms with E-state index in [-0.39, 0.29) is 29.4 Å². The number of rotatable bonds is 6. The highest BCUT2D eigenvalue weighted by molar-refractivity contribution is 8.00. The van der Waals surface area contributed by atoms with Crippen LogP contribution >= 0.6 is 34.4 Å². The number of thiophene rings is 1. The maximum atomic E-state index is 13.6. The van der Waals surface area contributed by atoms with Gasteiger partial charge in [-0.15, -0.1) is 11.3 Å². The molecule has 0 radical (unpaired) electrons. The zero-order valence-corrected chi connectivity index (χ0v) is 20.6. The van der Waals surface area contributed by atoms with Crippen LogP contribution in [0.1, 0.15) is 22.6 Å². The highest BCUT2D eigenvalue weighted by Gasteiger charge is 2.57. The first-order valence-corrected chi connectivity index (χ1v) is 13.1. The second-order valence-electron chi connectivity index (χ2n) is 7.77. The van der Waals surface area contributed by atoms with Crippen molar-refractivity contribution in [3.05, 3.63) is 71.3 Å². The molecule has 0 spiro atoms. The molecule has 2 aliphatic rings. The number of aromatic nitrogens is 1. The molecule has 4 heterocycles. The number of carbonyl (C=O) groups is 3. The van der Waals surface area contributed by atoms with Crippen LogP contribution in [0.15, 0.2) is 51.6 Å². The summed E-state index contributed by atoms with van der Waals surface area (Å²) < 4.78 is 6.32. The van der Waals surface area contributed by atoms with Gasteiger partial charge in [-0.1, -0.05) is 29.2 Å². The summed E-state index contributed by atoms with van der Waals surface area (Å²) in [4.78, 5) is 64.8. The van der Waals surface area contributed by atoms with Crippen LogP contribution in [0.4, 0.5) is 11.4 Å². The van der Waals surface area contributed by atoms with Gasteiger partial charge >= 0.3 is 10.8 Å². The normalized spacial score (nSPS) is 21.1. The van der Waals surface area contributed by atoms with Gasteiger partial charge in [-0.2, -0.15) is 0 Å². The van der Waals surface area contributed by atoms with Crippen LogP contribution in [-0.2, 0) is 25.7 Å². The molecule has 1 fully saturated rings. The first kappa shape index (κ1) is 23.5. The van der Waals surface area contributed by atoms with Gasteiger partial charge in [0.05, 0.1) is 28.2 Å². The van der Waals surface area contributed by atoms with Crippen LogP contribution in [0.3, 0.4) is 0 Å². The number of nitrogens with zero attached hydrogens (tertiary/aromatic N) is 3. The van der Waals surface area contributed by atoms with Gasteiger partial charge in [0, 0.05) is 27.8 Å². The third-order valence-electron chi connectivity index (χ3n) is 5.81. The summed E-state index contributed by atoms with van der Waals surface area (Å²) in [5.74, 6) is -2.75. The largest absolute Gasteiger partial charge is 0.465 e. The number of esters is 1. The number of imide groups is 1. The summed E-state index contributed by atoms with van der Waals surface area (Å²) in [7, 11) is 0. The zero-order chi connectivity index (χ0) is 24.9. The van der Waals surface area contributed by atoms with Crippen molar-refractivity contribution in [2.75, 3.05) is 11.5 Å². The van der Waals surface area contributed by atoms with Gasteiger partial charge in [0.15, 0.2) is 0 Å². The minimum Gasteiger partial charge on any atom is -0.465 e. The SMILES string of the molecule is CCOC(=O)Cn1c2c(sc1=O)[C@H](c1cccs1)C1C(=O)N(c3ccc([N+](=O)[O-])cc3)C(=O)C1S2. The molecule has 5 rings (SSSR count). The molecule has 0 bridgehead atoms. The van der Waals surface area contributed by atoms with E-state index in [2.05, 4.69) is 0 Å². The Balaban J connectivity index is 1.59. The lowest BCUT2D eigenvalue weighted by Crippen LogP contribution is -2.32. The molecule has 13 heteroatoms. The van der Waals surface area contributed by atoms with E-state index in [1.807, 2.05) is 17.5 Å². The summed E-state index contributed by atoms with van der Waals surface area (Å²) in [6.45, 7) is 1.56. The van der Waals surface area contributed by atoms with Crippen LogP contribution in [0.25, 0.3) is 0 Å². The monoisotopic (exact) mass is 531 g/mol. The molecule has 10 nitrogen and oxygen atoms in total. The Morgan fingerprint density at radius 1 is 1.14 bits per heavy atom. The standard InChI is InChI=1S/C22H17N3O7S3/c1-2-32-14(26)10-23-21-18(35-22(23)29)15(13-4-3-9-33-13)16-17(34-21)20(28)24(19(16)27)11-5-7-12(8-6-11)25(30)31/h3-9,15-17H,2,10H2,1H3/t15-,16?,17?/m1/s1. The van der Waals surface area contributed by atoms with E-state index >= 15 is 0 Å². The minimum absolute atomic E-state index is 0.152. The van der Waals surface area contributed by atoms with Gasteiger partial charge in [0.25, 0.3) is 5.69 Å². The fourth-order valence-electron chi connectivity index (χ4n) is 4.34. The molecule has 3 atom stereocenters. The number of fused-ring (bicyclic) bond motifs is 2. The molecule has 0 saturated carbocycles. The molecular weight excluding hydrogens is 514 g/mol. The third-order valence-corrected chi connectivity index (χ3v) is 9.37. The minimum atomic E-state index is -0.820. The Kier molecular flexibility index (Phi) is 6.07. The number of anilines is 1. The number of nitro groups is 1. The Hall–Kier alpha value is -3.29. The van der Waals surface area contributed by atoms with Crippen molar-refractivity contribution in [1.29, 1.82) is 0 Å². The van der Waals surface area contributed by atoms with E-state index in [9.17, 15) is 29.3 Å². The maximum absolute atomic E-state index is 13.6. The molecule has 0 aliphatic carbocycles. The number of ether oxygens (including phenoxy) is 1. The fourth-order valence-corrected chi connectivity index (χ4v) is 8.06. The predicted molar refractivity (Wildman–Crippen MR) is 130 cm³/mol. The van der Waals surface area contributed by atoms with Gasteiger partial charge in [-0.05, 0) is 30.5 Å². The van der Waals surface area contributed by atoms with Crippen LogP contribution < -0.4 is 9.77 Å². The van der Waals surface area contributed by atoms with Gasteiger partial charge in [0.1, 0.15) is 11.8 Å². The molecule has 2 aromatic heterocycles. The van der Waals surface area contributed by atoms with Gasteiger partial charge < -0.3 is 4.74 Å². The smallest absolute Gasteiger partial charge is 0.326 e. The van der Waals surface area contributed by atoms with Crippen molar-refractivity contribution in [2.24, 2.45) is 5.92 Å². The van der Waals surface area contributed by atoms with Crippen molar-refractivity contribution < 1.29 is 24.0 Å². The number of nitro benzene ring substituents is 1. The lowest BCUT2D eigenvalue weighted by Gasteiger charge is -2.29. The average molecular weight is 532 g/mol. The predicted octanol–water partition coefficient (Wildman–Crippen LogP) is 3.24. The summed E-state index contributed by atoms with van der Waals surface area (Å²) in [6.07, 6.45) is 0. The lowest BCUT2D eigenvalue weighted by molar-refractivity contribution is -0.384. The second-order valence-corrected chi connectivity index (χ2v) is 10.9. The first-order chi connectivity index (χ1) is 16.8. The molecule has 180 valence electrons. The molecule has 35 heavy (non-hydrogen) atoms. The summed E-state index contributed by atoms with van der Waals surface area (Å²) in [5, 5.41) is 12.5.